The third kappa shape index (κ3) is 3.59. The number of carbonyl (C=O) groups excluding carboxylic acids is 1. The number of ketones is 1. The van der Waals surface area contributed by atoms with Crippen molar-refractivity contribution in [1.82, 2.24) is 0 Å². The van der Waals surface area contributed by atoms with Gasteiger partial charge in [0.25, 0.3) is 0 Å². The summed E-state index contributed by atoms with van der Waals surface area (Å²) in [4.78, 5) is 12.9. The second-order valence-electron chi connectivity index (χ2n) is 15.1. The van der Waals surface area contributed by atoms with Gasteiger partial charge in [0.15, 0.2) is 0 Å². The topological polar surface area (TPSA) is 77.8 Å². The van der Waals surface area contributed by atoms with Crippen molar-refractivity contribution in [3.63, 3.8) is 0 Å². The molecule has 3 fully saturated rings. The van der Waals surface area contributed by atoms with E-state index in [0.717, 1.165) is 32.1 Å². The Morgan fingerprint density at radius 3 is 2.26 bits per heavy atom. The summed E-state index contributed by atoms with van der Waals surface area (Å²) in [5, 5.41) is 31.6. The molecule has 4 rings (SSSR count). The first kappa shape index (κ1) is 27.3. The number of Topliss-reactive ketones (excluding diaryl/α,β-unsaturated/α-hetero) is 1. The predicted molar refractivity (Wildman–Crippen MR) is 141 cm³/mol. The van der Waals surface area contributed by atoms with Crippen molar-refractivity contribution in [2.24, 2.45) is 44.8 Å². The Morgan fingerprint density at radius 1 is 1.03 bits per heavy atom. The third-order valence-electron chi connectivity index (χ3n) is 13.0. The molecule has 35 heavy (non-hydrogen) atoms. The number of hydrogen-bond donors (Lipinski definition) is 3. The Labute approximate surface area is 214 Å². The standard InChI is InChI=1S/C31H52O4/c1-19(18-22(32)25(34)27(4,5)35)29(7)16-17-30(8)21-10-11-23-26(2,3)24(33)13-14-28(23,6)20(21)12-15-31(29,30)9/h10,19-20,22-23,25,32,34-35H,11-18H2,1-9H3/t19-,20-,22+,23-,25-,28+,29+,30+,31-/m0/s1. The summed E-state index contributed by atoms with van der Waals surface area (Å²) in [6.07, 6.45) is 8.29. The molecule has 0 amide bonds. The molecule has 4 aliphatic carbocycles. The highest BCUT2D eigenvalue weighted by molar-refractivity contribution is 5.85. The van der Waals surface area contributed by atoms with Gasteiger partial charge < -0.3 is 15.3 Å². The fraction of sp³-hybridized carbons (Fsp3) is 0.903. The Balaban J connectivity index is 1.65. The van der Waals surface area contributed by atoms with Crippen LogP contribution in [0.15, 0.2) is 11.6 Å². The second kappa shape index (κ2) is 8.14. The number of fused-ring (bicyclic) bond motifs is 5. The summed E-state index contributed by atoms with van der Waals surface area (Å²) in [7, 11) is 0. The lowest BCUT2D eigenvalue weighted by Gasteiger charge is -2.64. The minimum Gasteiger partial charge on any atom is -0.390 e. The zero-order valence-electron chi connectivity index (χ0n) is 23.9. The predicted octanol–water partition coefficient (Wildman–Crippen LogP) is 6.07. The minimum absolute atomic E-state index is 0.0351. The summed E-state index contributed by atoms with van der Waals surface area (Å²) in [6, 6.07) is 0. The highest BCUT2D eigenvalue weighted by Crippen LogP contribution is 2.76. The molecule has 200 valence electrons. The van der Waals surface area contributed by atoms with E-state index in [1.54, 1.807) is 19.4 Å². The van der Waals surface area contributed by atoms with E-state index in [1.807, 2.05) is 0 Å². The van der Waals surface area contributed by atoms with E-state index in [4.69, 9.17) is 0 Å². The van der Waals surface area contributed by atoms with Crippen LogP contribution in [-0.2, 0) is 4.79 Å². The number of aliphatic hydroxyl groups excluding tert-OH is 2. The normalized spacial score (nSPS) is 45.6. The van der Waals surface area contributed by atoms with E-state index in [2.05, 4.69) is 54.5 Å². The van der Waals surface area contributed by atoms with Crippen LogP contribution in [0.5, 0.6) is 0 Å². The molecule has 0 unspecified atom stereocenters. The Bertz CT molecular complexity index is 898. The molecule has 0 saturated heterocycles. The van der Waals surface area contributed by atoms with Crippen LogP contribution in [0.2, 0.25) is 0 Å². The van der Waals surface area contributed by atoms with E-state index in [0.29, 0.717) is 30.5 Å². The SMILES string of the molecule is C[C@@H](C[C@@H](O)[C@H](O)C(C)(C)O)[C@@]1(C)CC[C@]2(C)C3=CC[C@H]4C(C)(C)C(=O)CC[C@]4(C)[C@H]3CC[C@]21C. The van der Waals surface area contributed by atoms with Crippen molar-refractivity contribution < 1.29 is 20.1 Å². The van der Waals surface area contributed by atoms with Gasteiger partial charge in [-0.05, 0) is 98.2 Å². The molecule has 0 heterocycles. The van der Waals surface area contributed by atoms with Crippen LogP contribution in [0.3, 0.4) is 0 Å². The highest BCUT2D eigenvalue weighted by Gasteiger charge is 2.68. The monoisotopic (exact) mass is 488 g/mol. The van der Waals surface area contributed by atoms with Gasteiger partial charge in [0.1, 0.15) is 11.9 Å². The van der Waals surface area contributed by atoms with Gasteiger partial charge in [0.05, 0.1) is 11.7 Å². The smallest absolute Gasteiger partial charge is 0.138 e. The van der Waals surface area contributed by atoms with Gasteiger partial charge in [-0.1, -0.05) is 60.1 Å². The quantitative estimate of drug-likeness (QED) is 0.411. The third-order valence-corrected chi connectivity index (χ3v) is 13.0. The molecule has 0 aromatic carbocycles. The Kier molecular flexibility index (Phi) is 6.36. The van der Waals surface area contributed by atoms with Gasteiger partial charge >= 0.3 is 0 Å². The molecule has 4 nitrogen and oxygen atoms in total. The number of hydrogen-bond acceptors (Lipinski definition) is 4. The molecule has 4 aliphatic rings. The van der Waals surface area contributed by atoms with Gasteiger partial charge in [-0.25, -0.2) is 0 Å². The first-order valence-electron chi connectivity index (χ1n) is 14.2. The molecule has 0 aromatic rings. The van der Waals surface area contributed by atoms with E-state index in [1.165, 1.54) is 6.42 Å². The van der Waals surface area contributed by atoms with Gasteiger partial charge in [-0.2, -0.15) is 0 Å². The zero-order valence-corrected chi connectivity index (χ0v) is 23.9. The van der Waals surface area contributed by atoms with Crippen LogP contribution >= 0.6 is 0 Å². The molecule has 9 atom stereocenters. The first-order valence-corrected chi connectivity index (χ1v) is 14.2. The number of allylic oxidation sites excluding steroid dienone is 2. The Hall–Kier alpha value is -0.710. The molecule has 4 heteroatoms. The van der Waals surface area contributed by atoms with Crippen molar-refractivity contribution >= 4 is 5.78 Å². The van der Waals surface area contributed by atoms with Gasteiger partial charge in [0.2, 0.25) is 0 Å². The van der Waals surface area contributed by atoms with Crippen LogP contribution in [0.1, 0.15) is 114 Å². The largest absolute Gasteiger partial charge is 0.390 e. The van der Waals surface area contributed by atoms with Crippen molar-refractivity contribution in [2.45, 2.75) is 131 Å². The zero-order chi connectivity index (χ0) is 26.4. The number of carbonyl (C=O) groups is 1. The van der Waals surface area contributed by atoms with Gasteiger partial charge in [-0.15, -0.1) is 0 Å². The maximum atomic E-state index is 12.9. The number of rotatable bonds is 5. The van der Waals surface area contributed by atoms with E-state index in [-0.39, 0.29) is 33.0 Å². The maximum Gasteiger partial charge on any atom is 0.138 e. The molecular weight excluding hydrogens is 436 g/mol. The lowest BCUT2D eigenvalue weighted by molar-refractivity contribution is -0.148. The van der Waals surface area contributed by atoms with E-state index >= 15 is 0 Å². The number of aliphatic hydroxyl groups is 3. The van der Waals surface area contributed by atoms with Gasteiger partial charge in [-0.3, -0.25) is 4.79 Å². The van der Waals surface area contributed by atoms with Crippen LogP contribution in [-0.4, -0.2) is 38.9 Å². The molecule has 0 radical (unpaired) electrons. The Morgan fingerprint density at radius 2 is 1.66 bits per heavy atom. The molecule has 3 N–H and O–H groups in total. The average Bonchev–Trinajstić information content (AvgIpc) is 2.98. The van der Waals surface area contributed by atoms with Gasteiger partial charge in [0, 0.05) is 11.8 Å². The molecule has 0 aliphatic heterocycles. The summed E-state index contributed by atoms with van der Waals surface area (Å²) in [5.74, 6) is 1.63. The van der Waals surface area contributed by atoms with E-state index in [9.17, 15) is 20.1 Å². The van der Waals surface area contributed by atoms with Crippen LogP contribution in [0, 0.1) is 44.8 Å². The summed E-state index contributed by atoms with van der Waals surface area (Å²) in [5.41, 5.74) is 0.523. The lowest BCUT2D eigenvalue weighted by atomic mass is 9.39. The van der Waals surface area contributed by atoms with E-state index < -0.39 is 17.8 Å². The van der Waals surface area contributed by atoms with Crippen LogP contribution in [0.4, 0.5) is 0 Å². The minimum atomic E-state index is -1.32. The fourth-order valence-corrected chi connectivity index (χ4v) is 9.88. The van der Waals surface area contributed by atoms with Crippen molar-refractivity contribution in [3.8, 4) is 0 Å². The maximum absolute atomic E-state index is 12.9. The molecular formula is C31H52O4. The highest BCUT2D eigenvalue weighted by atomic mass is 16.4. The van der Waals surface area contributed by atoms with Crippen molar-refractivity contribution in [3.05, 3.63) is 11.6 Å². The molecule has 0 aromatic heterocycles. The van der Waals surface area contributed by atoms with Crippen molar-refractivity contribution in [2.75, 3.05) is 0 Å². The second-order valence-corrected chi connectivity index (χ2v) is 15.1. The molecule has 0 spiro atoms. The lowest BCUT2D eigenvalue weighted by Crippen LogP contribution is -2.58. The summed E-state index contributed by atoms with van der Waals surface area (Å²) in [6.45, 7) is 19.6. The van der Waals surface area contributed by atoms with Crippen molar-refractivity contribution in [1.29, 1.82) is 0 Å². The average molecular weight is 489 g/mol. The summed E-state index contributed by atoms with van der Waals surface area (Å²) >= 11 is 0. The first-order chi connectivity index (χ1) is 15.9. The summed E-state index contributed by atoms with van der Waals surface area (Å²) < 4.78 is 0. The fourth-order valence-electron chi connectivity index (χ4n) is 9.88. The molecule has 0 bridgehead atoms. The molecule has 3 saturated carbocycles. The van der Waals surface area contributed by atoms with Crippen LogP contribution in [0.25, 0.3) is 0 Å². The van der Waals surface area contributed by atoms with Crippen LogP contribution < -0.4 is 0 Å².